The van der Waals surface area contributed by atoms with Crippen LogP contribution in [0.25, 0.3) is 134 Å². The molecule has 14 aromatic rings. The van der Waals surface area contributed by atoms with E-state index in [2.05, 4.69) is 213 Å². The van der Waals surface area contributed by atoms with Gasteiger partial charge in [0.05, 0.1) is 50.6 Å². The highest BCUT2D eigenvalue weighted by Gasteiger charge is 2.27. The van der Waals surface area contributed by atoms with Gasteiger partial charge in [-0.15, -0.1) is 0 Å². The summed E-state index contributed by atoms with van der Waals surface area (Å²) in [6.45, 7) is 8.68. The first kappa shape index (κ1) is 47.9. The number of hydrogen-bond donors (Lipinski definition) is 0. The maximum absolute atomic E-state index is 11.4. The van der Waals surface area contributed by atoms with Crippen LogP contribution in [0.1, 0.15) is 27.8 Å². The summed E-state index contributed by atoms with van der Waals surface area (Å²) in [5.41, 5.74) is 22.4. The third-order valence-corrected chi connectivity index (χ3v) is 16.0. The summed E-state index contributed by atoms with van der Waals surface area (Å²) < 4.78 is 4.67. The maximum atomic E-state index is 11.4. The molecule has 80 heavy (non-hydrogen) atoms. The topological polar surface area (TPSA) is 72.3 Å². The number of benzene rings is 11. The number of nitriles is 1. The van der Waals surface area contributed by atoms with Crippen molar-refractivity contribution < 1.29 is 0 Å². The zero-order valence-electron chi connectivity index (χ0n) is 44.8. The Bertz CT molecular complexity index is 4330. The van der Waals surface area contributed by atoms with Crippen molar-refractivity contribution in [2.45, 2.75) is 27.7 Å². The van der Waals surface area contributed by atoms with Gasteiger partial charge in [0.25, 0.3) is 0 Å². The third kappa shape index (κ3) is 8.15. The second kappa shape index (κ2) is 19.5. The Morgan fingerprint density at radius 1 is 0.300 bits per heavy atom. The molecule has 378 valence electrons. The van der Waals surface area contributed by atoms with E-state index in [0.29, 0.717) is 23.0 Å². The summed E-state index contributed by atoms with van der Waals surface area (Å²) in [6, 6.07) is 88.5. The van der Waals surface area contributed by atoms with Gasteiger partial charge in [0.2, 0.25) is 0 Å². The fraction of sp³-hybridized carbons (Fsp3) is 0.0541. The lowest BCUT2D eigenvalue weighted by molar-refractivity contribution is 1.05. The molecular weight excluding hydrogens is 973 g/mol. The predicted molar refractivity (Wildman–Crippen MR) is 330 cm³/mol. The SMILES string of the molecule is Cc1ccccc1-c1ccc2c(c1)c1cc(-c3ccccc3C)ccc1n2-c1cc(C#N)cc(-n2c3ccc(-c4ccccc4C)cc3c3cc(-c4ccccc4C)ccc32)c1-c1nc(-c2ccccc2)nc(-c2ccccc2)n1. The van der Waals surface area contributed by atoms with Crippen molar-refractivity contribution in [1.82, 2.24) is 24.1 Å². The minimum absolute atomic E-state index is 0.471. The molecule has 3 aromatic heterocycles. The molecule has 0 atom stereocenters. The van der Waals surface area contributed by atoms with Crippen molar-refractivity contribution in [3.63, 3.8) is 0 Å². The van der Waals surface area contributed by atoms with Crippen LogP contribution in [0.4, 0.5) is 0 Å². The van der Waals surface area contributed by atoms with Gasteiger partial charge in [-0.2, -0.15) is 5.26 Å². The minimum Gasteiger partial charge on any atom is -0.308 e. The van der Waals surface area contributed by atoms with Gasteiger partial charge < -0.3 is 9.13 Å². The van der Waals surface area contributed by atoms with Gasteiger partial charge in [-0.25, -0.2) is 15.0 Å². The van der Waals surface area contributed by atoms with Crippen molar-refractivity contribution in [3.05, 3.63) is 270 Å². The lowest BCUT2D eigenvalue weighted by atomic mass is 9.97. The summed E-state index contributed by atoms with van der Waals surface area (Å²) in [4.78, 5) is 16.3. The van der Waals surface area contributed by atoms with Crippen LogP contribution in [-0.4, -0.2) is 24.1 Å². The van der Waals surface area contributed by atoms with E-state index in [0.717, 1.165) is 93.9 Å². The molecule has 0 bridgehead atoms. The molecule has 0 fully saturated rings. The van der Waals surface area contributed by atoms with Crippen LogP contribution >= 0.6 is 0 Å². The average molecular weight is 1030 g/mol. The van der Waals surface area contributed by atoms with Crippen molar-refractivity contribution in [2.75, 3.05) is 0 Å². The molecule has 0 aliphatic heterocycles. The van der Waals surface area contributed by atoms with Gasteiger partial charge in [0, 0.05) is 32.7 Å². The Morgan fingerprint density at radius 2 is 0.588 bits per heavy atom. The molecule has 6 nitrogen and oxygen atoms in total. The molecule has 0 aliphatic carbocycles. The lowest BCUT2D eigenvalue weighted by Gasteiger charge is -2.21. The number of nitrogens with zero attached hydrogens (tertiary/aromatic N) is 6. The van der Waals surface area contributed by atoms with Crippen LogP contribution in [0.15, 0.2) is 243 Å². The monoisotopic (exact) mass is 1020 g/mol. The fourth-order valence-electron chi connectivity index (χ4n) is 12.0. The zero-order valence-corrected chi connectivity index (χ0v) is 44.8. The molecule has 0 amide bonds. The predicted octanol–water partition coefficient (Wildman–Crippen LogP) is 18.8. The Morgan fingerprint density at radius 3 is 0.887 bits per heavy atom. The highest BCUT2D eigenvalue weighted by molar-refractivity contribution is 6.14. The number of aromatic nitrogens is 5. The van der Waals surface area contributed by atoms with Gasteiger partial charge in [-0.1, -0.05) is 182 Å². The molecule has 0 N–H and O–H groups in total. The summed E-state index contributed by atoms with van der Waals surface area (Å²) in [5.74, 6) is 1.55. The Kier molecular flexibility index (Phi) is 11.7. The first-order valence-corrected chi connectivity index (χ1v) is 27.1. The maximum Gasteiger partial charge on any atom is 0.168 e. The van der Waals surface area contributed by atoms with Crippen LogP contribution in [0.3, 0.4) is 0 Å². The van der Waals surface area contributed by atoms with E-state index >= 15 is 0 Å². The molecular formula is C74H52N6. The Labute approximate surface area is 464 Å². The van der Waals surface area contributed by atoms with Gasteiger partial charge in [-0.05, 0) is 155 Å². The normalized spacial score (nSPS) is 11.5. The standard InChI is InChI=1S/C74H52N6/c1-46-19-11-15-27-57(46)53-31-35-65-61(41-53)62-42-54(58-28-16-12-20-47(58)2)32-36-66(62)79(65)69-39-50(45-75)40-70(71(69)74-77-72(51-23-7-5-8-24-51)76-73(78-74)52-25-9-6-10-26-52)80-67-37-33-55(59-29-17-13-21-48(59)3)43-63(67)64-44-56(34-38-68(64)80)60-30-18-14-22-49(60)4/h5-44H,1-4H3. The lowest BCUT2D eigenvalue weighted by Crippen LogP contribution is -2.08. The number of rotatable bonds is 9. The van der Waals surface area contributed by atoms with Crippen molar-refractivity contribution in [3.8, 4) is 96.1 Å². The second-order valence-electron chi connectivity index (χ2n) is 20.9. The molecule has 0 radical (unpaired) electrons. The van der Waals surface area contributed by atoms with Gasteiger partial charge in [0.15, 0.2) is 17.5 Å². The molecule has 11 aromatic carbocycles. The van der Waals surface area contributed by atoms with E-state index in [1.54, 1.807) is 0 Å². The van der Waals surface area contributed by atoms with E-state index in [1.165, 1.54) is 44.5 Å². The van der Waals surface area contributed by atoms with Crippen molar-refractivity contribution >= 4 is 43.6 Å². The van der Waals surface area contributed by atoms with E-state index in [1.807, 2.05) is 72.8 Å². The van der Waals surface area contributed by atoms with Gasteiger partial charge in [0.1, 0.15) is 0 Å². The molecule has 0 aliphatic rings. The van der Waals surface area contributed by atoms with Crippen LogP contribution < -0.4 is 0 Å². The van der Waals surface area contributed by atoms with Crippen LogP contribution in [0, 0.1) is 39.0 Å². The van der Waals surface area contributed by atoms with E-state index < -0.39 is 0 Å². The largest absolute Gasteiger partial charge is 0.308 e. The van der Waals surface area contributed by atoms with Crippen LogP contribution in [0.2, 0.25) is 0 Å². The molecule has 0 saturated carbocycles. The molecule has 14 rings (SSSR count). The van der Waals surface area contributed by atoms with Crippen molar-refractivity contribution in [1.29, 1.82) is 5.26 Å². The highest BCUT2D eigenvalue weighted by atomic mass is 15.1. The van der Waals surface area contributed by atoms with Gasteiger partial charge >= 0.3 is 0 Å². The molecule has 0 saturated heterocycles. The third-order valence-electron chi connectivity index (χ3n) is 16.0. The highest BCUT2D eigenvalue weighted by Crippen LogP contribution is 2.46. The average Bonchev–Trinajstić information content (AvgIpc) is 3.83. The Balaban J connectivity index is 1.14. The van der Waals surface area contributed by atoms with E-state index in [4.69, 9.17) is 15.0 Å². The summed E-state index contributed by atoms with van der Waals surface area (Å²) >= 11 is 0. The first-order chi connectivity index (χ1) is 39.3. The van der Waals surface area contributed by atoms with E-state index in [-0.39, 0.29) is 0 Å². The number of aryl methyl sites for hydroxylation is 4. The number of fused-ring (bicyclic) bond motifs is 6. The molecule has 6 heteroatoms. The quantitative estimate of drug-likeness (QED) is 0.144. The molecule has 3 heterocycles. The van der Waals surface area contributed by atoms with Crippen molar-refractivity contribution in [2.24, 2.45) is 0 Å². The number of hydrogen-bond acceptors (Lipinski definition) is 4. The molecule has 0 unspecified atom stereocenters. The van der Waals surface area contributed by atoms with Crippen LogP contribution in [0.5, 0.6) is 0 Å². The minimum atomic E-state index is 0.471. The smallest absolute Gasteiger partial charge is 0.168 e. The van der Waals surface area contributed by atoms with Gasteiger partial charge in [-0.3, -0.25) is 0 Å². The van der Waals surface area contributed by atoms with E-state index in [9.17, 15) is 5.26 Å². The summed E-state index contributed by atoms with van der Waals surface area (Å²) in [7, 11) is 0. The second-order valence-corrected chi connectivity index (χ2v) is 20.9. The van der Waals surface area contributed by atoms with Crippen LogP contribution in [-0.2, 0) is 0 Å². The first-order valence-electron chi connectivity index (χ1n) is 27.1. The fourth-order valence-corrected chi connectivity index (χ4v) is 12.0. The summed E-state index contributed by atoms with van der Waals surface area (Å²) in [6.07, 6.45) is 0. The Hall–Kier alpha value is -10.5. The molecule has 0 spiro atoms. The zero-order chi connectivity index (χ0) is 54.0. The summed E-state index contributed by atoms with van der Waals surface area (Å²) in [5, 5.41) is 15.8.